The van der Waals surface area contributed by atoms with E-state index in [1.165, 1.54) is 11.8 Å². The molecule has 24 heavy (non-hydrogen) atoms. The number of ether oxygens (including phenoxy) is 1. The van der Waals surface area contributed by atoms with E-state index in [4.69, 9.17) is 11.6 Å². The van der Waals surface area contributed by atoms with Gasteiger partial charge in [0, 0.05) is 23.9 Å². The standard InChI is InChI=1S/C13H13ClF3NO4S2/c1-22-12(19)10-7-18(4-5-23-10)24(20,21)11-3-2-8(14)6-9(11)13(15,16)17/h2-3,6,10H,4-5,7H2,1H3/t10-/m0/s1. The fourth-order valence-electron chi connectivity index (χ4n) is 2.21. The molecule has 0 bridgehead atoms. The quantitative estimate of drug-likeness (QED) is 0.726. The van der Waals surface area contributed by atoms with Crippen LogP contribution in [-0.4, -0.2) is 49.9 Å². The van der Waals surface area contributed by atoms with Gasteiger partial charge in [0.25, 0.3) is 0 Å². The summed E-state index contributed by atoms with van der Waals surface area (Å²) in [6, 6.07) is 2.49. The summed E-state index contributed by atoms with van der Waals surface area (Å²) in [6.07, 6.45) is -4.88. The van der Waals surface area contributed by atoms with Gasteiger partial charge in [0.1, 0.15) is 5.25 Å². The first-order valence-corrected chi connectivity index (χ1v) is 9.50. The second-order valence-electron chi connectivity index (χ2n) is 4.88. The molecule has 1 aromatic carbocycles. The molecule has 134 valence electrons. The van der Waals surface area contributed by atoms with Crippen LogP contribution in [0.1, 0.15) is 5.56 Å². The van der Waals surface area contributed by atoms with Crippen LogP contribution in [0.3, 0.4) is 0 Å². The maximum Gasteiger partial charge on any atom is 0.417 e. The number of benzene rings is 1. The molecule has 1 fully saturated rings. The Bertz CT molecular complexity index is 739. The van der Waals surface area contributed by atoms with Crippen LogP contribution in [0, 0.1) is 0 Å². The van der Waals surface area contributed by atoms with E-state index in [0.29, 0.717) is 6.07 Å². The van der Waals surface area contributed by atoms with Gasteiger partial charge in [0.2, 0.25) is 10.0 Å². The van der Waals surface area contributed by atoms with Crippen LogP contribution < -0.4 is 0 Å². The van der Waals surface area contributed by atoms with E-state index in [1.54, 1.807) is 0 Å². The molecule has 0 spiro atoms. The van der Waals surface area contributed by atoms with Gasteiger partial charge in [-0.2, -0.15) is 17.5 Å². The number of hydrogen-bond acceptors (Lipinski definition) is 5. The fraction of sp³-hybridized carbons (Fsp3) is 0.462. The minimum absolute atomic E-state index is 0.000415. The van der Waals surface area contributed by atoms with Crippen molar-refractivity contribution in [3.8, 4) is 0 Å². The molecule has 1 heterocycles. The zero-order valence-corrected chi connectivity index (χ0v) is 14.7. The number of alkyl halides is 3. The molecule has 1 aliphatic heterocycles. The zero-order valence-electron chi connectivity index (χ0n) is 12.3. The van der Waals surface area contributed by atoms with Gasteiger partial charge >= 0.3 is 12.1 Å². The molecule has 1 atom stereocenters. The van der Waals surface area contributed by atoms with Crippen molar-refractivity contribution in [2.45, 2.75) is 16.3 Å². The molecule has 0 saturated carbocycles. The Morgan fingerprint density at radius 1 is 1.42 bits per heavy atom. The molecule has 11 heteroatoms. The molecule has 0 unspecified atom stereocenters. The maximum atomic E-state index is 13.2. The van der Waals surface area contributed by atoms with Gasteiger partial charge in [-0.25, -0.2) is 8.42 Å². The summed E-state index contributed by atoms with van der Waals surface area (Å²) >= 11 is 6.77. The summed E-state index contributed by atoms with van der Waals surface area (Å²) in [6.45, 7) is -0.250. The number of thioether (sulfide) groups is 1. The van der Waals surface area contributed by atoms with Gasteiger partial charge in [0.15, 0.2) is 0 Å². The Kier molecular flexibility index (Phi) is 5.73. The first kappa shape index (κ1) is 19.4. The third-order valence-electron chi connectivity index (χ3n) is 3.36. The Labute approximate surface area is 146 Å². The van der Waals surface area contributed by atoms with Crippen LogP contribution in [-0.2, 0) is 25.7 Å². The van der Waals surface area contributed by atoms with Crippen molar-refractivity contribution in [2.75, 3.05) is 26.0 Å². The third kappa shape index (κ3) is 3.98. The van der Waals surface area contributed by atoms with Crippen molar-refractivity contribution in [3.63, 3.8) is 0 Å². The summed E-state index contributed by atoms with van der Waals surface area (Å²) in [5.41, 5.74) is -1.33. The number of carbonyl (C=O) groups is 1. The van der Waals surface area contributed by atoms with Gasteiger partial charge < -0.3 is 4.74 Å². The third-order valence-corrected chi connectivity index (χ3v) is 6.68. The van der Waals surface area contributed by atoms with Crippen LogP contribution in [0.15, 0.2) is 23.1 Å². The smallest absolute Gasteiger partial charge is 0.417 e. The lowest BCUT2D eigenvalue weighted by molar-refractivity contribution is -0.141. The molecule has 0 radical (unpaired) electrons. The molecule has 1 aromatic rings. The maximum absolute atomic E-state index is 13.2. The first-order chi connectivity index (χ1) is 11.1. The van der Waals surface area contributed by atoms with Gasteiger partial charge in [0.05, 0.1) is 17.6 Å². The summed E-state index contributed by atoms with van der Waals surface area (Å²) in [5, 5.41) is -0.997. The highest BCUT2D eigenvalue weighted by Gasteiger charge is 2.41. The van der Waals surface area contributed by atoms with Crippen LogP contribution in [0.2, 0.25) is 5.02 Å². The Balaban J connectivity index is 2.42. The summed E-state index contributed by atoms with van der Waals surface area (Å²) in [7, 11) is -3.27. The largest absolute Gasteiger partial charge is 0.468 e. The lowest BCUT2D eigenvalue weighted by atomic mass is 10.2. The van der Waals surface area contributed by atoms with Gasteiger partial charge in [-0.1, -0.05) is 11.6 Å². The predicted molar refractivity (Wildman–Crippen MR) is 83.5 cm³/mol. The van der Waals surface area contributed by atoms with Crippen LogP contribution in [0.4, 0.5) is 13.2 Å². The highest BCUT2D eigenvalue weighted by Crippen LogP contribution is 2.37. The van der Waals surface area contributed by atoms with Crippen molar-refractivity contribution in [1.29, 1.82) is 0 Å². The molecular weight excluding hydrogens is 391 g/mol. The van der Waals surface area contributed by atoms with E-state index in [0.717, 1.165) is 23.5 Å². The number of sulfonamides is 1. The van der Waals surface area contributed by atoms with E-state index >= 15 is 0 Å². The number of methoxy groups -OCH3 is 1. The average Bonchev–Trinajstić information content (AvgIpc) is 2.53. The van der Waals surface area contributed by atoms with Gasteiger partial charge in [-0.05, 0) is 18.2 Å². The van der Waals surface area contributed by atoms with E-state index in [9.17, 15) is 26.4 Å². The second-order valence-corrected chi connectivity index (χ2v) is 8.54. The van der Waals surface area contributed by atoms with Crippen molar-refractivity contribution in [2.24, 2.45) is 0 Å². The Morgan fingerprint density at radius 2 is 2.08 bits per heavy atom. The summed E-state index contributed by atoms with van der Waals surface area (Å²) < 4.78 is 70.2. The van der Waals surface area contributed by atoms with Crippen molar-refractivity contribution < 1.29 is 31.1 Å². The van der Waals surface area contributed by atoms with Crippen LogP contribution >= 0.6 is 23.4 Å². The number of carbonyl (C=O) groups excluding carboxylic acids is 1. The average molecular weight is 404 g/mol. The van der Waals surface area contributed by atoms with E-state index in [1.807, 2.05) is 0 Å². The Morgan fingerprint density at radius 3 is 2.67 bits per heavy atom. The normalized spacial score (nSPS) is 20.0. The summed E-state index contributed by atoms with van der Waals surface area (Å²) in [4.78, 5) is 10.7. The Hall–Kier alpha value is -0.970. The lowest BCUT2D eigenvalue weighted by Gasteiger charge is -2.30. The zero-order chi connectivity index (χ0) is 18.1. The van der Waals surface area contributed by atoms with Crippen LogP contribution in [0.5, 0.6) is 0 Å². The van der Waals surface area contributed by atoms with Gasteiger partial charge in [-0.15, -0.1) is 11.8 Å². The van der Waals surface area contributed by atoms with E-state index < -0.39 is 37.9 Å². The highest BCUT2D eigenvalue weighted by atomic mass is 35.5. The predicted octanol–water partition coefficient (Wildman–Crippen LogP) is 2.64. The molecule has 0 aromatic heterocycles. The summed E-state index contributed by atoms with van der Waals surface area (Å²) in [5.74, 6) is -0.347. The number of rotatable bonds is 3. The number of halogens is 4. The highest BCUT2D eigenvalue weighted by molar-refractivity contribution is 8.00. The van der Waals surface area contributed by atoms with Crippen molar-refractivity contribution in [1.82, 2.24) is 4.31 Å². The second kappa shape index (κ2) is 7.11. The molecule has 2 rings (SSSR count). The minimum Gasteiger partial charge on any atom is -0.468 e. The minimum atomic E-state index is -4.88. The van der Waals surface area contributed by atoms with Crippen molar-refractivity contribution >= 4 is 39.4 Å². The molecular formula is C13H13ClF3NO4S2. The molecule has 5 nitrogen and oxygen atoms in total. The van der Waals surface area contributed by atoms with E-state index in [2.05, 4.69) is 4.74 Å². The van der Waals surface area contributed by atoms with Crippen LogP contribution in [0.25, 0.3) is 0 Å². The number of esters is 1. The fourth-order valence-corrected chi connectivity index (χ4v) is 5.36. The number of hydrogen-bond donors (Lipinski definition) is 0. The first-order valence-electron chi connectivity index (χ1n) is 6.63. The number of nitrogens with zero attached hydrogens (tertiary/aromatic N) is 1. The van der Waals surface area contributed by atoms with Crippen molar-refractivity contribution in [3.05, 3.63) is 28.8 Å². The molecule has 1 aliphatic rings. The van der Waals surface area contributed by atoms with Gasteiger partial charge in [-0.3, -0.25) is 4.79 Å². The molecule has 0 aliphatic carbocycles. The van der Waals surface area contributed by atoms with E-state index in [-0.39, 0.29) is 23.9 Å². The SMILES string of the molecule is COC(=O)[C@@H]1CN(S(=O)(=O)c2ccc(Cl)cc2C(F)(F)F)CCS1. The molecule has 1 saturated heterocycles. The molecule has 0 amide bonds. The monoisotopic (exact) mass is 403 g/mol. The molecule has 0 N–H and O–H groups in total. The lowest BCUT2D eigenvalue weighted by Crippen LogP contribution is -2.45. The topological polar surface area (TPSA) is 63.7 Å².